The minimum absolute atomic E-state index is 0.297. The van der Waals surface area contributed by atoms with Crippen LogP contribution in [0.1, 0.15) is 5.56 Å². The van der Waals surface area contributed by atoms with Gasteiger partial charge >= 0.3 is 0 Å². The first kappa shape index (κ1) is 14.7. The molecule has 6 heteroatoms. The maximum atomic E-state index is 9.96. The van der Waals surface area contributed by atoms with Crippen LogP contribution in [0.15, 0.2) is 39.9 Å². The van der Waals surface area contributed by atoms with Gasteiger partial charge in [0.2, 0.25) is 6.79 Å². The standard InChI is InChI=1S/C15H17NO3S2/c17-12(9-21-15-2-1-5-20-15)8-16-7-11-3-4-13-14(6-11)19-10-18-13/h1-6,12,16-17H,7-10H2. The quantitative estimate of drug-likeness (QED) is 0.767. The Labute approximate surface area is 132 Å². The predicted octanol–water partition coefficient (Wildman–Crippen LogP) is 2.72. The molecule has 2 aromatic rings. The second-order valence-electron chi connectivity index (χ2n) is 4.72. The van der Waals surface area contributed by atoms with E-state index in [4.69, 9.17) is 9.47 Å². The molecule has 2 N–H and O–H groups in total. The highest BCUT2D eigenvalue weighted by molar-refractivity contribution is 8.01. The van der Waals surface area contributed by atoms with Crippen LogP contribution >= 0.6 is 23.1 Å². The number of rotatable bonds is 7. The van der Waals surface area contributed by atoms with Crippen molar-refractivity contribution in [1.82, 2.24) is 5.32 Å². The van der Waals surface area contributed by atoms with Crippen molar-refractivity contribution in [2.24, 2.45) is 0 Å². The molecule has 0 saturated carbocycles. The topological polar surface area (TPSA) is 50.7 Å². The van der Waals surface area contributed by atoms with Gasteiger partial charge in [-0.2, -0.15) is 0 Å². The number of thioether (sulfide) groups is 1. The zero-order chi connectivity index (χ0) is 14.5. The van der Waals surface area contributed by atoms with Crippen LogP contribution in [0.3, 0.4) is 0 Å². The van der Waals surface area contributed by atoms with Gasteiger partial charge in [0.25, 0.3) is 0 Å². The van der Waals surface area contributed by atoms with Gasteiger partial charge in [0.15, 0.2) is 11.5 Å². The van der Waals surface area contributed by atoms with Gasteiger partial charge in [-0.3, -0.25) is 0 Å². The van der Waals surface area contributed by atoms with Crippen LogP contribution in [0, 0.1) is 0 Å². The van der Waals surface area contributed by atoms with Crippen molar-refractivity contribution in [3.63, 3.8) is 0 Å². The Morgan fingerprint density at radius 1 is 1.29 bits per heavy atom. The summed E-state index contributed by atoms with van der Waals surface area (Å²) in [4.78, 5) is 0. The summed E-state index contributed by atoms with van der Waals surface area (Å²) in [6.45, 7) is 1.58. The minimum atomic E-state index is -0.355. The van der Waals surface area contributed by atoms with E-state index in [1.165, 1.54) is 4.21 Å². The largest absolute Gasteiger partial charge is 0.454 e. The highest BCUT2D eigenvalue weighted by Gasteiger charge is 2.13. The van der Waals surface area contributed by atoms with Gasteiger partial charge in [-0.05, 0) is 29.1 Å². The van der Waals surface area contributed by atoms with Gasteiger partial charge in [0, 0.05) is 18.8 Å². The predicted molar refractivity (Wildman–Crippen MR) is 85.3 cm³/mol. The molecule has 1 unspecified atom stereocenters. The average Bonchev–Trinajstić information content (AvgIpc) is 3.16. The van der Waals surface area contributed by atoms with E-state index in [0.29, 0.717) is 25.6 Å². The summed E-state index contributed by atoms with van der Waals surface area (Å²) in [5, 5.41) is 15.3. The third-order valence-corrected chi connectivity index (χ3v) is 5.33. The number of ether oxygens (including phenoxy) is 2. The van der Waals surface area contributed by atoms with Crippen molar-refractivity contribution in [2.75, 3.05) is 19.1 Å². The molecular weight excluding hydrogens is 306 g/mol. The molecule has 0 aliphatic carbocycles. The van der Waals surface area contributed by atoms with Gasteiger partial charge in [-0.15, -0.1) is 23.1 Å². The SMILES string of the molecule is OC(CNCc1ccc2c(c1)OCO2)CSc1cccs1. The Hall–Kier alpha value is -1.21. The maximum absolute atomic E-state index is 9.96. The van der Waals surface area contributed by atoms with Gasteiger partial charge < -0.3 is 19.9 Å². The fraction of sp³-hybridized carbons (Fsp3) is 0.333. The van der Waals surface area contributed by atoms with Crippen LogP contribution in [0.25, 0.3) is 0 Å². The van der Waals surface area contributed by atoms with Crippen molar-refractivity contribution in [3.8, 4) is 11.5 Å². The van der Waals surface area contributed by atoms with Crippen molar-refractivity contribution in [1.29, 1.82) is 0 Å². The van der Waals surface area contributed by atoms with E-state index in [1.807, 2.05) is 29.6 Å². The van der Waals surface area contributed by atoms with Crippen molar-refractivity contribution in [2.45, 2.75) is 16.9 Å². The van der Waals surface area contributed by atoms with E-state index < -0.39 is 0 Å². The Kier molecular flexibility index (Phi) is 5.03. The molecule has 1 aliphatic heterocycles. The van der Waals surface area contributed by atoms with E-state index in [9.17, 15) is 5.11 Å². The average molecular weight is 323 g/mol. The number of aliphatic hydroxyl groups excluding tert-OH is 1. The Balaban J connectivity index is 1.39. The molecular formula is C15H17NO3S2. The molecule has 2 heterocycles. The minimum Gasteiger partial charge on any atom is -0.454 e. The zero-order valence-corrected chi connectivity index (χ0v) is 13.1. The monoisotopic (exact) mass is 323 g/mol. The van der Waals surface area contributed by atoms with Gasteiger partial charge in [0.1, 0.15) is 0 Å². The van der Waals surface area contributed by atoms with E-state index >= 15 is 0 Å². The lowest BCUT2D eigenvalue weighted by molar-refractivity contribution is 0.174. The number of benzene rings is 1. The fourth-order valence-electron chi connectivity index (χ4n) is 2.02. The number of nitrogens with one attached hydrogen (secondary N) is 1. The smallest absolute Gasteiger partial charge is 0.231 e. The number of hydrogen-bond acceptors (Lipinski definition) is 6. The van der Waals surface area contributed by atoms with Crippen LogP contribution in [-0.2, 0) is 6.54 Å². The van der Waals surface area contributed by atoms with E-state index in [-0.39, 0.29) is 6.10 Å². The van der Waals surface area contributed by atoms with Crippen LogP contribution in [-0.4, -0.2) is 30.3 Å². The lowest BCUT2D eigenvalue weighted by atomic mass is 10.2. The Morgan fingerprint density at radius 3 is 3.05 bits per heavy atom. The summed E-state index contributed by atoms with van der Waals surface area (Å²) in [5.41, 5.74) is 1.12. The lowest BCUT2D eigenvalue weighted by Gasteiger charge is -2.11. The molecule has 0 amide bonds. The summed E-state index contributed by atoms with van der Waals surface area (Å²) in [5.74, 6) is 2.29. The first-order valence-electron chi connectivity index (χ1n) is 6.75. The normalized spacial score (nSPS) is 14.3. The molecule has 112 valence electrons. The molecule has 0 fully saturated rings. The first-order valence-corrected chi connectivity index (χ1v) is 8.61. The van der Waals surface area contributed by atoms with E-state index in [0.717, 1.165) is 17.1 Å². The third-order valence-electron chi connectivity index (χ3n) is 3.06. The highest BCUT2D eigenvalue weighted by Crippen LogP contribution is 2.32. The summed E-state index contributed by atoms with van der Waals surface area (Å²) in [7, 11) is 0. The molecule has 1 atom stereocenters. The molecule has 1 aromatic heterocycles. The van der Waals surface area contributed by atoms with Gasteiger partial charge in [0.05, 0.1) is 10.3 Å². The van der Waals surface area contributed by atoms with Crippen LogP contribution in [0.4, 0.5) is 0 Å². The van der Waals surface area contributed by atoms with Crippen LogP contribution < -0.4 is 14.8 Å². The number of aliphatic hydroxyl groups is 1. The molecule has 3 rings (SSSR count). The lowest BCUT2D eigenvalue weighted by Crippen LogP contribution is -2.28. The Morgan fingerprint density at radius 2 is 2.19 bits per heavy atom. The third kappa shape index (κ3) is 4.14. The maximum Gasteiger partial charge on any atom is 0.231 e. The summed E-state index contributed by atoms with van der Waals surface area (Å²) >= 11 is 3.39. The number of hydrogen-bond donors (Lipinski definition) is 2. The van der Waals surface area contributed by atoms with Crippen molar-refractivity contribution in [3.05, 3.63) is 41.3 Å². The van der Waals surface area contributed by atoms with Gasteiger partial charge in [-0.1, -0.05) is 12.1 Å². The molecule has 21 heavy (non-hydrogen) atoms. The van der Waals surface area contributed by atoms with Crippen molar-refractivity contribution < 1.29 is 14.6 Å². The molecule has 0 bridgehead atoms. The second-order valence-corrected chi connectivity index (χ2v) is 6.98. The highest BCUT2D eigenvalue weighted by atomic mass is 32.2. The van der Waals surface area contributed by atoms with Gasteiger partial charge in [-0.25, -0.2) is 0 Å². The molecule has 1 aromatic carbocycles. The Bertz CT molecular complexity index is 574. The van der Waals surface area contributed by atoms with Crippen molar-refractivity contribution >= 4 is 23.1 Å². The zero-order valence-electron chi connectivity index (χ0n) is 11.5. The molecule has 0 saturated heterocycles. The number of thiophene rings is 1. The molecule has 4 nitrogen and oxygen atoms in total. The summed E-state index contributed by atoms with van der Waals surface area (Å²) in [6, 6.07) is 10.00. The van der Waals surface area contributed by atoms with Crippen LogP contribution in [0.5, 0.6) is 11.5 Å². The second kappa shape index (κ2) is 7.17. The molecule has 0 radical (unpaired) electrons. The molecule has 0 spiro atoms. The van der Waals surface area contributed by atoms with E-state index in [2.05, 4.69) is 11.4 Å². The summed E-state index contributed by atoms with van der Waals surface area (Å²) < 4.78 is 11.9. The summed E-state index contributed by atoms with van der Waals surface area (Å²) in [6.07, 6.45) is -0.355. The number of fused-ring (bicyclic) bond motifs is 1. The van der Waals surface area contributed by atoms with Crippen LogP contribution in [0.2, 0.25) is 0 Å². The first-order chi connectivity index (χ1) is 10.3. The van der Waals surface area contributed by atoms with E-state index in [1.54, 1.807) is 23.1 Å². The molecule has 1 aliphatic rings. The fourth-order valence-corrected chi connectivity index (χ4v) is 3.76.